The molecule has 28 heavy (non-hydrogen) atoms. The van der Waals surface area contributed by atoms with Crippen molar-refractivity contribution in [1.29, 1.82) is 0 Å². The summed E-state index contributed by atoms with van der Waals surface area (Å²) in [5, 5.41) is 0.584. The van der Waals surface area contributed by atoms with Crippen LogP contribution in [0.2, 0.25) is 5.02 Å². The topological polar surface area (TPSA) is 40.6 Å². The molecule has 1 aliphatic carbocycles. The van der Waals surface area contributed by atoms with Gasteiger partial charge in [-0.3, -0.25) is 14.5 Å². The Morgan fingerprint density at radius 2 is 1.43 bits per heavy atom. The summed E-state index contributed by atoms with van der Waals surface area (Å²) in [6, 6.07) is 14.6. The fraction of sp³-hybridized carbons (Fsp3) is 0.391. The Morgan fingerprint density at radius 1 is 0.821 bits per heavy atom. The lowest BCUT2D eigenvalue weighted by Gasteiger charge is -2.38. The van der Waals surface area contributed by atoms with E-state index in [2.05, 4.69) is 4.90 Å². The normalized spacial score (nSPS) is 18.4. The predicted molar refractivity (Wildman–Crippen MR) is 111 cm³/mol. The second-order valence-corrected chi connectivity index (χ2v) is 8.08. The molecular weight excluding hydrogens is 372 g/mol. The number of nitrogens with zero attached hydrogens (tertiary/aromatic N) is 2. The zero-order valence-corrected chi connectivity index (χ0v) is 16.7. The predicted octanol–water partition coefficient (Wildman–Crippen LogP) is 4.27. The van der Waals surface area contributed by atoms with Gasteiger partial charge in [0.1, 0.15) is 0 Å². The standard InChI is InChI=1S/C23H25ClN2O2/c24-18-11-9-17(10-12-18)22(27)20-7-3-4-8-21(20)23(28)26-15-13-25(14-16-26)19-5-1-2-6-19/h3-4,7-12,19H,1-2,5-6,13-16H2. The molecule has 1 aliphatic heterocycles. The fourth-order valence-corrected chi connectivity index (χ4v) is 4.48. The van der Waals surface area contributed by atoms with Crippen molar-refractivity contribution in [1.82, 2.24) is 9.80 Å². The van der Waals surface area contributed by atoms with Crippen LogP contribution in [0.4, 0.5) is 0 Å². The molecule has 1 amide bonds. The molecule has 0 N–H and O–H groups in total. The number of halogens is 1. The average molecular weight is 397 g/mol. The number of carbonyl (C=O) groups excluding carboxylic acids is 2. The van der Waals surface area contributed by atoms with Gasteiger partial charge in [0.15, 0.2) is 5.78 Å². The molecule has 2 aromatic rings. The summed E-state index contributed by atoms with van der Waals surface area (Å²) in [5.74, 6) is -0.200. The third-order valence-corrected chi connectivity index (χ3v) is 6.20. The van der Waals surface area contributed by atoms with Gasteiger partial charge in [-0.2, -0.15) is 0 Å². The maximum absolute atomic E-state index is 13.2. The van der Waals surface area contributed by atoms with Crippen molar-refractivity contribution < 1.29 is 9.59 Å². The lowest BCUT2D eigenvalue weighted by molar-refractivity contribution is 0.0571. The Hall–Kier alpha value is -2.17. The highest BCUT2D eigenvalue weighted by Gasteiger charge is 2.29. The maximum Gasteiger partial charge on any atom is 0.254 e. The van der Waals surface area contributed by atoms with Crippen LogP contribution in [0, 0.1) is 0 Å². The van der Waals surface area contributed by atoms with Gasteiger partial charge in [0.05, 0.1) is 5.56 Å². The molecule has 1 heterocycles. The first-order chi connectivity index (χ1) is 13.6. The quantitative estimate of drug-likeness (QED) is 0.724. The van der Waals surface area contributed by atoms with Crippen LogP contribution in [-0.4, -0.2) is 53.7 Å². The minimum absolute atomic E-state index is 0.0519. The number of rotatable bonds is 4. The monoisotopic (exact) mass is 396 g/mol. The second-order valence-electron chi connectivity index (χ2n) is 7.65. The van der Waals surface area contributed by atoms with Crippen molar-refractivity contribution in [3.8, 4) is 0 Å². The van der Waals surface area contributed by atoms with Gasteiger partial charge >= 0.3 is 0 Å². The van der Waals surface area contributed by atoms with Crippen molar-refractivity contribution in [2.75, 3.05) is 26.2 Å². The number of ketones is 1. The molecule has 4 rings (SSSR count). The van der Waals surface area contributed by atoms with Crippen LogP contribution < -0.4 is 0 Å². The third kappa shape index (κ3) is 3.98. The number of hydrogen-bond acceptors (Lipinski definition) is 3. The summed E-state index contributed by atoms with van der Waals surface area (Å²) < 4.78 is 0. The van der Waals surface area contributed by atoms with E-state index in [4.69, 9.17) is 11.6 Å². The van der Waals surface area contributed by atoms with Crippen molar-refractivity contribution in [2.24, 2.45) is 0 Å². The van der Waals surface area contributed by atoms with Crippen molar-refractivity contribution in [3.05, 3.63) is 70.2 Å². The lowest BCUT2D eigenvalue weighted by Crippen LogP contribution is -2.51. The molecule has 146 valence electrons. The summed E-state index contributed by atoms with van der Waals surface area (Å²) in [4.78, 5) is 30.6. The SMILES string of the molecule is O=C(c1ccc(Cl)cc1)c1ccccc1C(=O)N1CCN(C2CCCC2)CC1. The van der Waals surface area contributed by atoms with Crippen LogP contribution in [0.1, 0.15) is 52.0 Å². The van der Waals surface area contributed by atoms with Gasteiger partial charge < -0.3 is 4.90 Å². The van der Waals surface area contributed by atoms with Gasteiger partial charge in [-0.05, 0) is 43.2 Å². The largest absolute Gasteiger partial charge is 0.336 e. The molecule has 0 unspecified atom stereocenters. The Kier molecular flexibility index (Phi) is 5.79. The van der Waals surface area contributed by atoms with Crippen LogP contribution in [0.3, 0.4) is 0 Å². The minimum atomic E-state index is -0.148. The van der Waals surface area contributed by atoms with Gasteiger partial charge in [-0.25, -0.2) is 0 Å². The summed E-state index contributed by atoms with van der Waals surface area (Å²) in [5.41, 5.74) is 1.47. The first-order valence-corrected chi connectivity index (χ1v) is 10.4. The highest BCUT2D eigenvalue weighted by Crippen LogP contribution is 2.25. The van der Waals surface area contributed by atoms with Crippen LogP contribution in [0.25, 0.3) is 0 Å². The summed E-state index contributed by atoms with van der Waals surface area (Å²) in [6.45, 7) is 3.28. The first-order valence-electron chi connectivity index (χ1n) is 10.1. The molecule has 0 bridgehead atoms. The van der Waals surface area contributed by atoms with E-state index in [0.717, 1.165) is 26.2 Å². The first kappa shape index (κ1) is 19.2. The minimum Gasteiger partial charge on any atom is -0.336 e. The van der Waals surface area contributed by atoms with E-state index in [9.17, 15) is 9.59 Å². The number of amides is 1. The fourth-order valence-electron chi connectivity index (χ4n) is 4.35. The number of carbonyl (C=O) groups is 2. The van der Waals surface area contributed by atoms with E-state index in [1.807, 2.05) is 11.0 Å². The van der Waals surface area contributed by atoms with E-state index < -0.39 is 0 Å². The van der Waals surface area contributed by atoms with Crippen molar-refractivity contribution in [2.45, 2.75) is 31.7 Å². The maximum atomic E-state index is 13.2. The Morgan fingerprint density at radius 3 is 2.07 bits per heavy atom. The molecule has 5 heteroatoms. The lowest BCUT2D eigenvalue weighted by atomic mass is 9.97. The smallest absolute Gasteiger partial charge is 0.254 e. The molecule has 2 aromatic carbocycles. The zero-order valence-electron chi connectivity index (χ0n) is 15.9. The molecule has 2 fully saturated rings. The molecular formula is C23H25ClN2O2. The molecule has 1 saturated heterocycles. The number of piperazine rings is 1. The van der Waals surface area contributed by atoms with E-state index >= 15 is 0 Å². The molecule has 2 aliphatic rings. The second kappa shape index (κ2) is 8.46. The highest BCUT2D eigenvalue weighted by atomic mass is 35.5. The Labute approximate surface area is 171 Å². The van der Waals surface area contributed by atoms with Gasteiger partial charge in [0.2, 0.25) is 0 Å². The average Bonchev–Trinajstić information content (AvgIpc) is 3.28. The Balaban J connectivity index is 1.49. The van der Waals surface area contributed by atoms with Gasteiger partial charge in [-0.1, -0.05) is 42.6 Å². The van der Waals surface area contributed by atoms with E-state index in [0.29, 0.717) is 27.8 Å². The highest BCUT2D eigenvalue weighted by molar-refractivity contribution is 6.30. The molecule has 0 aromatic heterocycles. The van der Waals surface area contributed by atoms with Crippen molar-refractivity contribution in [3.63, 3.8) is 0 Å². The van der Waals surface area contributed by atoms with E-state index in [-0.39, 0.29) is 11.7 Å². The van der Waals surface area contributed by atoms with E-state index in [1.165, 1.54) is 25.7 Å². The number of hydrogen-bond donors (Lipinski definition) is 0. The van der Waals surface area contributed by atoms with Gasteiger partial charge in [-0.15, -0.1) is 0 Å². The Bertz CT molecular complexity index is 851. The molecule has 0 radical (unpaired) electrons. The molecule has 1 saturated carbocycles. The molecule has 0 spiro atoms. The van der Waals surface area contributed by atoms with Crippen LogP contribution in [0.15, 0.2) is 48.5 Å². The summed E-state index contributed by atoms with van der Waals surface area (Å²) in [6.07, 6.45) is 5.22. The van der Waals surface area contributed by atoms with Gasteiger partial charge in [0.25, 0.3) is 5.91 Å². The summed E-state index contributed by atoms with van der Waals surface area (Å²) in [7, 11) is 0. The van der Waals surface area contributed by atoms with Crippen LogP contribution in [0.5, 0.6) is 0 Å². The van der Waals surface area contributed by atoms with Crippen LogP contribution in [-0.2, 0) is 0 Å². The summed E-state index contributed by atoms with van der Waals surface area (Å²) >= 11 is 5.93. The third-order valence-electron chi connectivity index (χ3n) is 5.95. The van der Waals surface area contributed by atoms with E-state index in [1.54, 1.807) is 42.5 Å². The molecule has 4 nitrogen and oxygen atoms in total. The number of benzene rings is 2. The van der Waals surface area contributed by atoms with Crippen molar-refractivity contribution >= 4 is 23.3 Å². The zero-order chi connectivity index (χ0) is 19.5. The molecule has 0 atom stereocenters. The van der Waals surface area contributed by atoms with Crippen LogP contribution >= 0.6 is 11.6 Å². The van der Waals surface area contributed by atoms with Gasteiger partial charge in [0, 0.05) is 48.4 Å².